The van der Waals surface area contributed by atoms with Crippen molar-refractivity contribution >= 4 is 5.91 Å². The Bertz CT molecular complexity index is 535. The maximum absolute atomic E-state index is 12.6. The number of hydrogen-bond acceptors (Lipinski definition) is 3. The summed E-state index contributed by atoms with van der Waals surface area (Å²) in [6.45, 7) is 8.61. The first-order chi connectivity index (χ1) is 9.29. The van der Waals surface area contributed by atoms with Crippen molar-refractivity contribution in [3.8, 4) is 11.8 Å². The van der Waals surface area contributed by atoms with Crippen LogP contribution in [0, 0.1) is 17.3 Å². The monoisotopic (exact) mass is 273 g/mol. The number of hydrogen-bond donors (Lipinski definition) is 1. The number of pyridine rings is 1. The molecule has 20 heavy (non-hydrogen) atoms. The van der Waals surface area contributed by atoms with Crippen LogP contribution in [0.15, 0.2) is 18.3 Å². The number of carbonyl (C=O) groups is 1. The zero-order valence-electron chi connectivity index (χ0n) is 12.9. The fourth-order valence-electron chi connectivity index (χ4n) is 1.75. The van der Waals surface area contributed by atoms with Crippen molar-refractivity contribution < 1.29 is 4.79 Å². The van der Waals surface area contributed by atoms with E-state index in [4.69, 9.17) is 5.73 Å². The molecule has 1 amide bonds. The predicted molar refractivity (Wildman–Crippen MR) is 81.2 cm³/mol. The third-order valence-electron chi connectivity index (χ3n) is 3.49. The second kappa shape index (κ2) is 6.53. The summed E-state index contributed by atoms with van der Waals surface area (Å²) in [5, 5.41) is 0. The van der Waals surface area contributed by atoms with Crippen molar-refractivity contribution in [1.82, 2.24) is 9.88 Å². The molecule has 108 valence electrons. The molecule has 0 saturated heterocycles. The van der Waals surface area contributed by atoms with Crippen LogP contribution < -0.4 is 5.73 Å². The molecule has 0 aromatic carbocycles. The molecular weight excluding hydrogens is 250 g/mol. The molecule has 1 aromatic heterocycles. The molecule has 1 rings (SSSR count). The van der Waals surface area contributed by atoms with Gasteiger partial charge in [-0.05, 0) is 24.5 Å². The molecule has 0 aliphatic heterocycles. The van der Waals surface area contributed by atoms with E-state index < -0.39 is 0 Å². The normalized spacial score (nSPS) is 12.3. The first-order valence-corrected chi connectivity index (χ1v) is 6.70. The molecule has 1 unspecified atom stereocenters. The maximum Gasteiger partial charge on any atom is 0.273 e. The van der Waals surface area contributed by atoms with Gasteiger partial charge in [0.2, 0.25) is 0 Å². The minimum atomic E-state index is -0.116. The average Bonchev–Trinajstić information content (AvgIpc) is 2.42. The SMILES string of the molecule is CC(N(C)C(=O)c1ncccc1C#CCN)C(C)(C)C. The Morgan fingerprint density at radius 1 is 1.50 bits per heavy atom. The summed E-state index contributed by atoms with van der Waals surface area (Å²) in [5.74, 6) is 5.55. The van der Waals surface area contributed by atoms with Gasteiger partial charge >= 0.3 is 0 Å². The highest BCUT2D eigenvalue weighted by Crippen LogP contribution is 2.24. The van der Waals surface area contributed by atoms with E-state index in [9.17, 15) is 4.79 Å². The van der Waals surface area contributed by atoms with E-state index >= 15 is 0 Å². The zero-order chi connectivity index (χ0) is 15.3. The quantitative estimate of drug-likeness (QED) is 0.837. The molecule has 0 saturated carbocycles. The molecule has 0 bridgehead atoms. The topological polar surface area (TPSA) is 59.2 Å². The second-order valence-electron chi connectivity index (χ2n) is 5.86. The summed E-state index contributed by atoms with van der Waals surface area (Å²) >= 11 is 0. The Balaban J connectivity index is 3.09. The van der Waals surface area contributed by atoms with Gasteiger partial charge in [-0.1, -0.05) is 32.6 Å². The van der Waals surface area contributed by atoms with Crippen LogP contribution in [0.1, 0.15) is 43.7 Å². The first-order valence-electron chi connectivity index (χ1n) is 6.70. The molecule has 0 fully saturated rings. The van der Waals surface area contributed by atoms with Crippen LogP contribution in [0.2, 0.25) is 0 Å². The Morgan fingerprint density at radius 2 is 2.15 bits per heavy atom. The van der Waals surface area contributed by atoms with Gasteiger partial charge in [-0.25, -0.2) is 4.98 Å². The number of aromatic nitrogens is 1. The van der Waals surface area contributed by atoms with E-state index in [1.807, 2.05) is 6.92 Å². The molecule has 1 heterocycles. The molecular formula is C16H23N3O. The van der Waals surface area contributed by atoms with Crippen molar-refractivity contribution in [2.24, 2.45) is 11.1 Å². The van der Waals surface area contributed by atoms with E-state index in [0.29, 0.717) is 11.3 Å². The highest BCUT2D eigenvalue weighted by Gasteiger charge is 2.28. The number of carbonyl (C=O) groups excluding carboxylic acids is 1. The van der Waals surface area contributed by atoms with E-state index in [-0.39, 0.29) is 23.9 Å². The lowest BCUT2D eigenvalue weighted by molar-refractivity contribution is 0.0623. The van der Waals surface area contributed by atoms with Gasteiger partial charge in [-0.15, -0.1) is 0 Å². The van der Waals surface area contributed by atoms with E-state index in [0.717, 1.165) is 0 Å². The summed E-state index contributed by atoms with van der Waals surface area (Å²) in [7, 11) is 1.80. The van der Waals surface area contributed by atoms with Crippen molar-refractivity contribution in [3.05, 3.63) is 29.6 Å². The molecule has 1 atom stereocenters. The maximum atomic E-state index is 12.6. The molecule has 0 aliphatic carbocycles. The van der Waals surface area contributed by atoms with Gasteiger partial charge in [-0.2, -0.15) is 0 Å². The van der Waals surface area contributed by atoms with Gasteiger partial charge < -0.3 is 10.6 Å². The molecule has 0 radical (unpaired) electrons. The van der Waals surface area contributed by atoms with Crippen LogP contribution in [-0.4, -0.2) is 35.4 Å². The lowest BCUT2D eigenvalue weighted by Gasteiger charge is -2.35. The largest absolute Gasteiger partial charge is 0.337 e. The van der Waals surface area contributed by atoms with Crippen LogP contribution in [0.5, 0.6) is 0 Å². The zero-order valence-corrected chi connectivity index (χ0v) is 12.9. The lowest BCUT2D eigenvalue weighted by Crippen LogP contribution is -2.43. The summed E-state index contributed by atoms with van der Waals surface area (Å²) in [6.07, 6.45) is 1.61. The molecule has 4 nitrogen and oxygen atoms in total. The minimum absolute atomic E-state index is 0.00227. The van der Waals surface area contributed by atoms with Crippen LogP contribution in [0.4, 0.5) is 0 Å². The van der Waals surface area contributed by atoms with Gasteiger partial charge in [0.25, 0.3) is 5.91 Å². The van der Waals surface area contributed by atoms with Gasteiger partial charge in [0.05, 0.1) is 12.1 Å². The molecule has 2 N–H and O–H groups in total. The summed E-state index contributed by atoms with van der Waals surface area (Å²) in [4.78, 5) is 18.5. The molecule has 4 heteroatoms. The average molecular weight is 273 g/mol. The first kappa shape index (κ1) is 16.2. The predicted octanol–water partition coefficient (Wildman–Crippen LogP) is 1.90. The third-order valence-corrected chi connectivity index (χ3v) is 3.49. The van der Waals surface area contributed by atoms with Crippen LogP contribution in [0.3, 0.4) is 0 Å². The van der Waals surface area contributed by atoms with E-state index in [1.165, 1.54) is 0 Å². The van der Waals surface area contributed by atoms with Crippen LogP contribution in [0.25, 0.3) is 0 Å². The van der Waals surface area contributed by atoms with Crippen LogP contribution >= 0.6 is 0 Å². The van der Waals surface area contributed by atoms with Crippen molar-refractivity contribution in [3.63, 3.8) is 0 Å². The van der Waals surface area contributed by atoms with Gasteiger partial charge in [0.15, 0.2) is 0 Å². The Labute approximate surface area is 121 Å². The number of amides is 1. The number of nitrogens with zero attached hydrogens (tertiary/aromatic N) is 2. The fraction of sp³-hybridized carbons (Fsp3) is 0.500. The highest BCUT2D eigenvalue weighted by atomic mass is 16.2. The smallest absolute Gasteiger partial charge is 0.273 e. The van der Waals surface area contributed by atoms with Crippen molar-refractivity contribution in [2.45, 2.75) is 33.7 Å². The van der Waals surface area contributed by atoms with Crippen molar-refractivity contribution in [2.75, 3.05) is 13.6 Å². The third kappa shape index (κ3) is 3.82. The van der Waals surface area contributed by atoms with E-state index in [1.54, 1.807) is 30.3 Å². The highest BCUT2D eigenvalue weighted by molar-refractivity contribution is 5.94. The molecule has 1 aromatic rings. The Hall–Kier alpha value is -1.86. The Morgan fingerprint density at radius 3 is 2.70 bits per heavy atom. The lowest BCUT2D eigenvalue weighted by atomic mass is 9.87. The number of nitrogens with two attached hydrogens (primary N) is 1. The molecule has 0 spiro atoms. The summed E-state index contributed by atoms with van der Waals surface area (Å²) < 4.78 is 0. The second-order valence-corrected chi connectivity index (χ2v) is 5.86. The standard InChI is InChI=1S/C16H23N3O/c1-12(16(2,3)4)19(5)15(20)14-13(8-6-10-17)9-7-11-18-14/h7,9,11-12H,10,17H2,1-5H3. The van der Waals surface area contributed by atoms with Gasteiger partial charge in [-0.3, -0.25) is 4.79 Å². The summed E-state index contributed by atoms with van der Waals surface area (Å²) in [6, 6.07) is 3.65. The van der Waals surface area contributed by atoms with Crippen molar-refractivity contribution in [1.29, 1.82) is 0 Å². The van der Waals surface area contributed by atoms with Gasteiger partial charge in [0.1, 0.15) is 5.69 Å². The Kier molecular flexibility index (Phi) is 5.29. The van der Waals surface area contributed by atoms with Crippen LogP contribution in [-0.2, 0) is 0 Å². The minimum Gasteiger partial charge on any atom is -0.337 e. The summed E-state index contributed by atoms with van der Waals surface area (Å²) in [5.41, 5.74) is 6.38. The van der Waals surface area contributed by atoms with E-state index in [2.05, 4.69) is 37.6 Å². The van der Waals surface area contributed by atoms with Gasteiger partial charge in [0, 0.05) is 19.3 Å². The number of rotatable bonds is 2. The fourth-order valence-corrected chi connectivity index (χ4v) is 1.75. The molecule has 0 aliphatic rings.